The molecule has 2 rings (SSSR count). The fourth-order valence-corrected chi connectivity index (χ4v) is 1.56. The molecular formula is C15H15NO. The molecule has 0 spiro atoms. The van der Waals surface area contributed by atoms with Gasteiger partial charge in [-0.15, -0.1) is 0 Å². The zero-order valence-corrected chi connectivity index (χ0v) is 9.81. The van der Waals surface area contributed by atoms with E-state index in [1.807, 2.05) is 6.07 Å². The van der Waals surface area contributed by atoms with Crippen molar-refractivity contribution in [1.82, 2.24) is 0 Å². The Labute approximate surface area is 101 Å². The minimum Gasteiger partial charge on any atom is -0.222 e. The van der Waals surface area contributed by atoms with E-state index in [0.29, 0.717) is 0 Å². The van der Waals surface area contributed by atoms with Gasteiger partial charge in [-0.25, -0.2) is 10.2 Å². The minimum atomic E-state index is 0.750. The highest BCUT2D eigenvalue weighted by atomic mass is 16.1. The molecule has 0 atom stereocenters. The number of hydrogen-bond donors (Lipinski definition) is 1. The van der Waals surface area contributed by atoms with Gasteiger partial charge in [-0.05, 0) is 23.1 Å². The molecular weight excluding hydrogens is 210 g/mol. The van der Waals surface area contributed by atoms with Crippen LogP contribution >= 0.6 is 0 Å². The molecule has 17 heavy (non-hydrogen) atoms. The van der Waals surface area contributed by atoms with Crippen LogP contribution in [0.1, 0.15) is 12.5 Å². The second kappa shape index (κ2) is 7.15. The lowest BCUT2D eigenvalue weighted by atomic mass is 10.0. The van der Waals surface area contributed by atoms with E-state index < -0.39 is 0 Å². The Kier molecular flexibility index (Phi) is 5.42. The molecule has 0 fully saturated rings. The predicted octanol–water partition coefficient (Wildman–Crippen LogP) is 3.82. The molecule has 2 nitrogen and oxygen atoms in total. The summed E-state index contributed by atoms with van der Waals surface area (Å²) in [6.07, 6.45) is 1.86. The Balaban J connectivity index is 0.000000437. The molecule has 0 aliphatic rings. The van der Waals surface area contributed by atoms with Crippen molar-refractivity contribution in [3.8, 4) is 11.1 Å². The highest BCUT2D eigenvalue weighted by Gasteiger charge is 1.95. The van der Waals surface area contributed by atoms with E-state index in [4.69, 9.17) is 10.2 Å². The Bertz CT molecular complexity index is 468. The van der Waals surface area contributed by atoms with Crippen molar-refractivity contribution in [2.45, 2.75) is 13.3 Å². The monoisotopic (exact) mass is 225 g/mol. The lowest BCUT2D eigenvalue weighted by Gasteiger charge is -2.02. The fourth-order valence-electron chi connectivity index (χ4n) is 1.56. The summed E-state index contributed by atoms with van der Waals surface area (Å²) in [7, 11) is 0. The van der Waals surface area contributed by atoms with Crippen LogP contribution in [0, 0.1) is 5.41 Å². The molecule has 1 N–H and O–H groups in total. The third kappa shape index (κ3) is 4.06. The van der Waals surface area contributed by atoms with Gasteiger partial charge in [0.2, 0.25) is 6.08 Å². The molecule has 2 aromatic carbocycles. The summed E-state index contributed by atoms with van der Waals surface area (Å²) in [5, 5.41) is 5.40. The zero-order chi connectivity index (χ0) is 12.5. The van der Waals surface area contributed by atoms with E-state index in [9.17, 15) is 0 Å². The van der Waals surface area contributed by atoms with Crippen LogP contribution in [0.5, 0.6) is 0 Å². The molecule has 0 aliphatic carbocycles. The summed E-state index contributed by atoms with van der Waals surface area (Å²) >= 11 is 0. The lowest BCUT2D eigenvalue weighted by Crippen LogP contribution is -1.80. The minimum absolute atomic E-state index is 0.750. The Morgan fingerprint density at radius 1 is 0.941 bits per heavy atom. The standard InChI is InChI=1S/C14H14.CHNO/c1-2-12-8-10-14(11-9-12)13-6-4-3-5-7-13;2-1-3/h3-11H,2H2,1H3;2H. The van der Waals surface area contributed by atoms with Gasteiger partial charge in [0.25, 0.3) is 0 Å². The molecule has 0 saturated heterocycles. The van der Waals surface area contributed by atoms with E-state index >= 15 is 0 Å². The van der Waals surface area contributed by atoms with Crippen molar-refractivity contribution < 1.29 is 4.79 Å². The third-order valence-electron chi connectivity index (χ3n) is 2.47. The number of nitrogens with one attached hydrogen (secondary N) is 1. The fraction of sp³-hybridized carbons (Fsp3) is 0.133. The van der Waals surface area contributed by atoms with E-state index in [1.54, 1.807) is 0 Å². The van der Waals surface area contributed by atoms with E-state index in [2.05, 4.69) is 55.5 Å². The average molecular weight is 225 g/mol. The van der Waals surface area contributed by atoms with E-state index in [1.165, 1.54) is 16.7 Å². The topological polar surface area (TPSA) is 40.9 Å². The maximum atomic E-state index is 8.35. The summed E-state index contributed by atoms with van der Waals surface area (Å²) < 4.78 is 0. The van der Waals surface area contributed by atoms with Crippen molar-refractivity contribution in [2.24, 2.45) is 0 Å². The summed E-state index contributed by atoms with van der Waals surface area (Å²) in [6, 6.07) is 19.2. The van der Waals surface area contributed by atoms with Crippen molar-refractivity contribution in [2.75, 3.05) is 0 Å². The van der Waals surface area contributed by atoms with Crippen LogP contribution < -0.4 is 0 Å². The van der Waals surface area contributed by atoms with Crippen LogP contribution in [0.3, 0.4) is 0 Å². The summed E-state index contributed by atoms with van der Waals surface area (Å²) in [5.41, 5.74) is 3.97. The van der Waals surface area contributed by atoms with Crippen molar-refractivity contribution in [3.63, 3.8) is 0 Å². The van der Waals surface area contributed by atoms with E-state index in [-0.39, 0.29) is 0 Å². The van der Waals surface area contributed by atoms with Crippen LogP contribution in [-0.4, -0.2) is 6.08 Å². The van der Waals surface area contributed by atoms with Crippen molar-refractivity contribution in [3.05, 3.63) is 60.2 Å². The van der Waals surface area contributed by atoms with Crippen molar-refractivity contribution in [1.29, 1.82) is 5.41 Å². The first-order valence-corrected chi connectivity index (χ1v) is 5.50. The summed E-state index contributed by atoms with van der Waals surface area (Å²) in [5.74, 6) is 0. The molecule has 2 aromatic rings. The van der Waals surface area contributed by atoms with Gasteiger partial charge in [-0.2, -0.15) is 0 Å². The molecule has 86 valence electrons. The normalized spacial score (nSPS) is 8.76. The Morgan fingerprint density at radius 3 is 1.88 bits per heavy atom. The molecule has 0 aliphatic heterocycles. The number of hydrogen-bond acceptors (Lipinski definition) is 2. The van der Waals surface area contributed by atoms with Crippen molar-refractivity contribution >= 4 is 6.08 Å². The Morgan fingerprint density at radius 2 is 1.41 bits per heavy atom. The number of carbonyl (C=O) groups excluding carboxylic acids is 1. The largest absolute Gasteiger partial charge is 0.231 e. The van der Waals surface area contributed by atoms with Gasteiger partial charge in [-0.1, -0.05) is 61.5 Å². The molecule has 0 amide bonds. The molecule has 0 saturated carbocycles. The smallest absolute Gasteiger partial charge is 0.222 e. The highest BCUT2D eigenvalue weighted by molar-refractivity contribution is 5.63. The van der Waals surface area contributed by atoms with Crippen LogP contribution in [0.4, 0.5) is 0 Å². The van der Waals surface area contributed by atoms with Crippen LogP contribution in [0.2, 0.25) is 0 Å². The zero-order valence-electron chi connectivity index (χ0n) is 9.81. The maximum absolute atomic E-state index is 8.35. The van der Waals surface area contributed by atoms with Gasteiger partial charge in [0.05, 0.1) is 0 Å². The molecule has 0 aromatic heterocycles. The third-order valence-corrected chi connectivity index (χ3v) is 2.47. The predicted molar refractivity (Wildman–Crippen MR) is 69.7 cm³/mol. The second-order valence-corrected chi connectivity index (χ2v) is 3.52. The van der Waals surface area contributed by atoms with Crippen LogP contribution in [0.15, 0.2) is 54.6 Å². The highest BCUT2D eigenvalue weighted by Crippen LogP contribution is 2.19. The Hall–Kier alpha value is -2.18. The maximum Gasteiger partial charge on any atom is 0.231 e. The number of benzene rings is 2. The lowest BCUT2D eigenvalue weighted by molar-refractivity contribution is 0.563. The summed E-state index contributed by atoms with van der Waals surface area (Å²) in [4.78, 5) is 8.35. The van der Waals surface area contributed by atoms with E-state index in [0.717, 1.165) is 12.5 Å². The van der Waals surface area contributed by atoms with Crippen LogP contribution in [0.25, 0.3) is 11.1 Å². The van der Waals surface area contributed by atoms with Gasteiger partial charge in [0, 0.05) is 0 Å². The summed E-state index contributed by atoms with van der Waals surface area (Å²) in [6.45, 7) is 2.18. The molecule has 0 unspecified atom stereocenters. The SMILES string of the molecule is CCc1ccc(-c2ccccc2)cc1.N=C=O. The van der Waals surface area contributed by atoms with Gasteiger partial charge in [0.15, 0.2) is 0 Å². The molecule has 0 heterocycles. The molecule has 0 radical (unpaired) electrons. The van der Waals surface area contributed by atoms with Gasteiger partial charge >= 0.3 is 0 Å². The van der Waals surface area contributed by atoms with Gasteiger partial charge in [-0.3, -0.25) is 0 Å². The van der Waals surface area contributed by atoms with Gasteiger partial charge in [0.1, 0.15) is 0 Å². The molecule has 2 heteroatoms. The van der Waals surface area contributed by atoms with Crippen LogP contribution in [-0.2, 0) is 11.2 Å². The first-order valence-electron chi connectivity index (χ1n) is 5.50. The number of rotatable bonds is 2. The number of isocyanates is 1. The van der Waals surface area contributed by atoms with Gasteiger partial charge < -0.3 is 0 Å². The first-order chi connectivity index (χ1) is 8.31. The molecule has 0 bridgehead atoms. The second-order valence-electron chi connectivity index (χ2n) is 3.52. The quantitative estimate of drug-likeness (QED) is 0.612. The first kappa shape index (κ1) is 12.9. The number of aryl methyl sites for hydroxylation is 1. The average Bonchev–Trinajstić information content (AvgIpc) is 2.41.